The fraction of sp³-hybridized carbons (Fsp3) is 0.333. The standard InChI is InChI=1S/C24H24N4O4/c29-20-9-8-19(22(30)27-20)28-23(31)17-7-3-5-15(21(17)24(28)32)12-26-18-13-25-11-10-14-4-1-2-6-16(14)18/h1-7,18-19,25-26H,8-13H2,(H,27,29,30). The van der Waals surface area contributed by atoms with Gasteiger partial charge < -0.3 is 10.6 Å². The van der Waals surface area contributed by atoms with Gasteiger partial charge in [-0.1, -0.05) is 36.4 Å². The highest BCUT2D eigenvalue weighted by Crippen LogP contribution is 2.30. The second kappa shape index (κ2) is 8.29. The summed E-state index contributed by atoms with van der Waals surface area (Å²) in [5.41, 5.74) is 3.89. The molecule has 1 fully saturated rings. The molecule has 8 nitrogen and oxygen atoms in total. The normalized spacial score (nSPS) is 22.9. The van der Waals surface area contributed by atoms with Crippen LogP contribution in [0.15, 0.2) is 42.5 Å². The van der Waals surface area contributed by atoms with E-state index in [2.05, 4.69) is 28.1 Å². The Morgan fingerprint density at radius 2 is 1.81 bits per heavy atom. The zero-order valence-corrected chi connectivity index (χ0v) is 17.5. The molecule has 0 bridgehead atoms. The van der Waals surface area contributed by atoms with E-state index < -0.39 is 23.8 Å². The average Bonchev–Trinajstić information content (AvgIpc) is 2.93. The number of imide groups is 2. The topological polar surface area (TPSA) is 108 Å². The lowest BCUT2D eigenvalue weighted by atomic mass is 9.98. The molecule has 1 saturated heterocycles. The number of hydrogen-bond donors (Lipinski definition) is 3. The molecule has 32 heavy (non-hydrogen) atoms. The van der Waals surface area contributed by atoms with Crippen LogP contribution in [0, 0.1) is 0 Å². The number of hydrogen-bond acceptors (Lipinski definition) is 6. The molecule has 2 aromatic rings. The van der Waals surface area contributed by atoms with Gasteiger partial charge in [0.25, 0.3) is 11.8 Å². The summed E-state index contributed by atoms with van der Waals surface area (Å²) in [7, 11) is 0. The van der Waals surface area contributed by atoms with Crippen LogP contribution >= 0.6 is 0 Å². The Morgan fingerprint density at radius 3 is 2.66 bits per heavy atom. The second-order valence-electron chi connectivity index (χ2n) is 8.37. The average molecular weight is 432 g/mol. The minimum absolute atomic E-state index is 0.0722. The molecule has 0 aromatic heterocycles. The van der Waals surface area contributed by atoms with Crippen molar-refractivity contribution in [2.75, 3.05) is 13.1 Å². The van der Waals surface area contributed by atoms with E-state index in [0.29, 0.717) is 17.7 Å². The number of benzene rings is 2. The van der Waals surface area contributed by atoms with Crippen molar-refractivity contribution in [1.82, 2.24) is 20.9 Å². The summed E-state index contributed by atoms with van der Waals surface area (Å²) in [5, 5.41) is 9.21. The Balaban J connectivity index is 1.39. The van der Waals surface area contributed by atoms with Gasteiger partial charge in [0.05, 0.1) is 11.1 Å². The molecule has 164 valence electrons. The summed E-state index contributed by atoms with van der Waals surface area (Å²) >= 11 is 0. The Bertz CT molecular complexity index is 1130. The smallest absolute Gasteiger partial charge is 0.262 e. The molecule has 5 rings (SSSR count). The molecule has 3 N–H and O–H groups in total. The van der Waals surface area contributed by atoms with E-state index in [9.17, 15) is 19.2 Å². The number of amides is 4. The van der Waals surface area contributed by atoms with Gasteiger partial charge in [-0.25, -0.2) is 0 Å². The quantitative estimate of drug-likeness (QED) is 0.624. The summed E-state index contributed by atoms with van der Waals surface area (Å²) in [6.45, 7) is 2.08. The van der Waals surface area contributed by atoms with Gasteiger partial charge in [0.2, 0.25) is 11.8 Å². The highest BCUT2D eigenvalue weighted by atomic mass is 16.2. The Kier molecular flexibility index (Phi) is 5.32. The molecule has 4 amide bonds. The molecule has 0 radical (unpaired) electrons. The predicted molar refractivity (Wildman–Crippen MR) is 116 cm³/mol. The first-order chi connectivity index (χ1) is 15.5. The van der Waals surface area contributed by atoms with Crippen molar-refractivity contribution in [3.63, 3.8) is 0 Å². The van der Waals surface area contributed by atoms with Gasteiger partial charge in [-0.15, -0.1) is 0 Å². The molecule has 0 aliphatic carbocycles. The Morgan fingerprint density at radius 1 is 0.969 bits per heavy atom. The maximum absolute atomic E-state index is 13.3. The van der Waals surface area contributed by atoms with Crippen molar-refractivity contribution >= 4 is 23.6 Å². The molecule has 2 unspecified atom stereocenters. The van der Waals surface area contributed by atoms with Crippen molar-refractivity contribution in [3.05, 3.63) is 70.3 Å². The highest BCUT2D eigenvalue weighted by molar-refractivity contribution is 6.24. The second-order valence-corrected chi connectivity index (χ2v) is 8.37. The largest absolute Gasteiger partial charge is 0.315 e. The van der Waals surface area contributed by atoms with E-state index in [-0.39, 0.29) is 24.8 Å². The Hall–Kier alpha value is -3.36. The molecule has 0 spiro atoms. The number of fused-ring (bicyclic) bond motifs is 2. The first-order valence-corrected chi connectivity index (χ1v) is 10.9. The summed E-state index contributed by atoms with van der Waals surface area (Å²) in [6, 6.07) is 12.6. The Labute approximate surface area is 185 Å². The van der Waals surface area contributed by atoms with E-state index in [0.717, 1.165) is 30.0 Å². The molecule has 3 heterocycles. The molecule has 8 heteroatoms. The van der Waals surface area contributed by atoms with Crippen LogP contribution in [0.1, 0.15) is 56.3 Å². The first kappa shape index (κ1) is 20.5. The van der Waals surface area contributed by atoms with E-state index >= 15 is 0 Å². The first-order valence-electron chi connectivity index (χ1n) is 10.9. The number of piperidine rings is 1. The van der Waals surface area contributed by atoms with Crippen molar-refractivity contribution in [3.8, 4) is 0 Å². The molecule has 2 aromatic carbocycles. The number of carbonyl (C=O) groups excluding carboxylic acids is 4. The van der Waals surface area contributed by atoms with Gasteiger partial charge in [-0.05, 0) is 42.1 Å². The third-order valence-electron chi connectivity index (χ3n) is 6.44. The fourth-order valence-corrected chi connectivity index (χ4v) is 4.83. The monoisotopic (exact) mass is 432 g/mol. The summed E-state index contributed by atoms with van der Waals surface area (Å²) in [5.74, 6) is -1.94. The van der Waals surface area contributed by atoms with Crippen LogP contribution in [-0.4, -0.2) is 47.7 Å². The molecule has 3 aliphatic heterocycles. The van der Waals surface area contributed by atoms with E-state index in [1.807, 2.05) is 18.2 Å². The van der Waals surface area contributed by atoms with Crippen molar-refractivity contribution in [2.24, 2.45) is 0 Å². The van der Waals surface area contributed by atoms with Crippen molar-refractivity contribution in [1.29, 1.82) is 0 Å². The number of nitrogens with zero attached hydrogens (tertiary/aromatic N) is 1. The highest BCUT2D eigenvalue weighted by Gasteiger charge is 2.45. The van der Waals surface area contributed by atoms with Crippen LogP contribution in [0.4, 0.5) is 0 Å². The van der Waals surface area contributed by atoms with Crippen LogP contribution in [0.2, 0.25) is 0 Å². The zero-order chi connectivity index (χ0) is 22.2. The van der Waals surface area contributed by atoms with E-state index in [4.69, 9.17) is 0 Å². The summed E-state index contributed by atoms with van der Waals surface area (Å²) in [6.07, 6.45) is 1.21. The molecule has 0 saturated carbocycles. The van der Waals surface area contributed by atoms with Crippen LogP contribution in [0.3, 0.4) is 0 Å². The summed E-state index contributed by atoms with van der Waals surface area (Å²) in [4.78, 5) is 51.1. The lowest BCUT2D eigenvalue weighted by Crippen LogP contribution is -2.54. The van der Waals surface area contributed by atoms with Gasteiger partial charge >= 0.3 is 0 Å². The number of nitrogens with one attached hydrogen (secondary N) is 3. The van der Waals surface area contributed by atoms with Gasteiger partial charge in [0.15, 0.2) is 0 Å². The lowest BCUT2D eigenvalue weighted by molar-refractivity contribution is -0.136. The van der Waals surface area contributed by atoms with Crippen LogP contribution < -0.4 is 16.0 Å². The van der Waals surface area contributed by atoms with Gasteiger partial charge in [0.1, 0.15) is 6.04 Å². The van der Waals surface area contributed by atoms with E-state index in [1.165, 1.54) is 11.1 Å². The van der Waals surface area contributed by atoms with Crippen molar-refractivity contribution in [2.45, 2.75) is 37.9 Å². The van der Waals surface area contributed by atoms with Gasteiger partial charge in [0, 0.05) is 25.6 Å². The van der Waals surface area contributed by atoms with Crippen molar-refractivity contribution < 1.29 is 19.2 Å². The third kappa shape index (κ3) is 3.51. The molecular formula is C24H24N4O4. The SMILES string of the molecule is O=C1CCC(N2C(=O)c3cccc(CNC4CNCCc5ccccc54)c3C2=O)C(=O)N1. The molecular weight excluding hydrogens is 408 g/mol. The van der Waals surface area contributed by atoms with Crippen LogP contribution in [0.25, 0.3) is 0 Å². The lowest BCUT2D eigenvalue weighted by Gasteiger charge is -2.27. The van der Waals surface area contributed by atoms with Gasteiger partial charge in [-0.2, -0.15) is 0 Å². The molecule has 3 aliphatic rings. The number of carbonyl (C=O) groups is 4. The maximum Gasteiger partial charge on any atom is 0.262 e. The van der Waals surface area contributed by atoms with Gasteiger partial charge in [-0.3, -0.25) is 29.4 Å². The molecule has 2 atom stereocenters. The van der Waals surface area contributed by atoms with Crippen LogP contribution in [0.5, 0.6) is 0 Å². The maximum atomic E-state index is 13.3. The minimum Gasteiger partial charge on any atom is -0.315 e. The fourth-order valence-electron chi connectivity index (χ4n) is 4.83. The third-order valence-corrected chi connectivity index (χ3v) is 6.44. The van der Waals surface area contributed by atoms with E-state index in [1.54, 1.807) is 12.1 Å². The van der Waals surface area contributed by atoms with Crippen LogP contribution in [-0.2, 0) is 22.6 Å². The summed E-state index contributed by atoms with van der Waals surface area (Å²) < 4.78 is 0. The zero-order valence-electron chi connectivity index (χ0n) is 17.5. The minimum atomic E-state index is -0.959. The number of rotatable bonds is 4. The predicted octanol–water partition coefficient (Wildman–Crippen LogP) is 1.06.